The van der Waals surface area contributed by atoms with Gasteiger partial charge in [0.05, 0.1) is 5.56 Å². The van der Waals surface area contributed by atoms with Gasteiger partial charge >= 0.3 is 5.97 Å². The molecule has 3 aromatic heterocycles. The summed E-state index contributed by atoms with van der Waals surface area (Å²) < 4.78 is 20.3. The van der Waals surface area contributed by atoms with E-state index in [9.17, 15) is 9.18 Å². The van der Waals surface area contributed by atoms with Gasteiger partial charge in [-0.3, -0.25) is 0 Å². The van der Waals surface area contributed by atoms with Crippen molar-refractivity contribution in [1.29, 1.82) is 0 Å². The molecule has 1 aliphatic rings. The fourth-order valence-electron chi connectivity index (χ4n) is 4.19. The zero-order chi connectivity index (χ0) is 21.5. The van der Waals surface area contributed by atoms with Crippen LogP contribution >= 0.6 is 12.4 Å². The van der Waals surface area contributed by atoms with Crippen molar-refractivity contribution in [1.82, 2.24) is 19.9 Å². The molecule has 32 heavy (non-hydrogen) atoms. The molecule has 0 amide bonds. The largest absolute Gasteiger partial charge is 0.476 e. The fraction of sp³-hybridized carbons (Fsp3) is 0.261. The maximum atomic E-state index is 15.0. The molecule has 0 atom stereocenters. The molecule has 9 heteroatoms. The number of piperidine rings is 1. The summed E-state index contributed by atoms with van der Waals surface area (Å²) >= 11 is 0. The molecule has 4 heterocycles. The molecule has 4 aromatic rings. The van der Waals surface area contributed by atoms with Crippen molar-refractivity contribution in [3.63, 3.8) is 0 Å². The van der Waals surface area contributed by atoms with E-state index in [1.54, 1.807) is 18.5 Å². The van der Waals surface area contributed by atoms with Crippen molar-refractivity contribution in [2.24, 2.45) is 0 Å². The van der Waals surface area contributed by atoms with Gasteiger partial charge in [-0.1, -0.05) is 12.1 Å². The van der Waals surface area contributed by atoms with Crippen molar-refractivity contribution in [3.8, 4) is 22.6 Å². The Morgan fingerprint density at radius 2 is 2.03 bits per heavy atom. The molecule has 0 radical (unpaired) electrons. The Morgan fingerprint density at radius 3 is 2.72 bits per heavy atom. The molecule has 1 fully saturated rings. The van der Waals surface area contributed by atoms with Gasteiger partial charge < -0.3 is 19.4 Å². The predicted molar refractivity (Wildman–Crippen MR) is 121 cm³/mol. The van der Waals surface area contributed by atoms with Gasteiger partial charge in [0.1, 0.15) is 17.7 Å². The zero-order valence-electron chi connectivity index (χ0n) is 17.3. The summed E-state index contributed by atoms with van der Waals surface area (Å²) in [5.41, 5.74) is 3.30. The number of H-pyrrole nitrogens is 1. The number of hydrogen-bond acceptors (Lipinski definition) is 5. The highest BCUT2D eigenvalue weighted by Crippen LogP contribution is 2.34. The number of oxazole rings is 1. The maximum absolute atomic E-state index is 15.0. The number of benzene rings is 1. The van der Waals surface area contributed by atoms with Crippen molar-refractivity contribution in [2.75, 3.05) is 20.1 Å². The van der Waals surface area contributed by atoms with E-state index in [1.165, 1.54) is 0 Å². The standard InChI is InChI=1S/C23H21FN4O3.ClH/c1-28-6-4-13(5-7-28)16-3-2-14(9-19(16)24)15-8-17-18(11-26-21(17)25-10-15)22-27-20(12-31-22)23(29)30;/h2-3,8-13H,4-7H2,1H3,(H,25,26)(H,29,30);1H. The van der Waals surface area contributed by atoms with Gasteiger partial charge in [-0.15, -0.1) is 12.4 Å². The molecule has 5 rings (SSSR count). The van der Waals surface area contributed by atoms with Gasteiger partial charge in [-0.2, -0.15) is 0 Å². The average molecular weight is 457 g/mol. The summed E-state index contributed by atoms with van der Waals surface area (Å²) in [5, 5.41) is 9.80. The monoisotopic (exact) mass is 456 g/mol. The summed E-state index contributed by atoms with van der Waals surface area (Å²) in [6.45, 7) is 1.96. The van der Waals surface area contributed by atoms with Gasteiger partial charge in [-0.05, 0) is 62.2 Å². The molecular formula is C23H22ClFN4O3. The number of aromatic amines is 1. The molecule has 0 aliphatic carbocycles. The number of hydrogen-bond donors (Lipinski definition) is 2. The second-order valence-electron chi connectivity index (χ2n) is 7.98. The van der Waals surface area contributed by atoms with Crippen molar-refractivity contribution >= 4 is 29.4 Å². The Labute approximate surface area is 189 Å². The molecule has 0 bridgehead atoms. The van der Waals surface area contributed by atoms with E-state index in [2.05, 4.69) is 26.9 Å². The van der Waals surface area contributed by atoms with Crippen LogP contribution in [-0.4, -0.2) is 51.1 Å². The van der Waals surface area contributed by atoms with E-state index in [0.29, 0.717) is 11.2 Å². The van der Waals surface area contributed by atoms with E-state index in [1.807, 2.05) is 18.2 Å². The highest BCUT2D eigenvalue weighted by molar-refractivity contribution is 5.94. The molecule has 7 nitrogen and oxygen atoms in total. The first-order chi connectivity index (χ1) is 15.0. The fourth-order valence-corrected chi connectivity index (χ4v) is 4.19. The number of nitrogens with zero attached hydrogens (tertiary/aromatic N) is 3. The number of fused-ring (bicyclic) bond motifs is 1. The second kappa shape index (κ2) is 8.72. The van der Waals surface area contributed by atoms with Crippen LogP contribution < -0.4 is 0 Å². The molecule has 2 N–H and O–H groups in total. The van der Waals surface area contributed by atoms with Crippen molar-refractivity contribution in [2.45, 2.75) is 18.8 Å². The van der Waals surface area contributed by atoms with Crippen LogP contribution in [0, 0.1) is 5.82 Å². The summed E-state index contributed by atoms with van der Waals surface area (Å²) in [6.07, 6.45) is 6.38. The Morgan fingerprint density at radius 1 is 1.25 bits per heavy atom. The van der Waals surface area contributed by atoms with Crippen LogP contribution in [0.25, 0.3) is 33.6 Å². The van der Waals surface area contributed by atoms with E-state index in [0.717, 1.165) is 54.3 Å². The highest BCUT2D eigenvalue weighted by Gasteiger charge is 2.22. The maximum Gasteiger partial charge on any atom is 0.357 e. The van der Waals surface area contributed by atoms with E-state index >= 15 is 0 Å². The van der Waals surface area contributed by atoms with Crippen LogP contribution in [0.4, 0.5) is 4.39 Å². The lowest BCUT2D eigenvalue weighted by Gasteiger charge is -2.29. The quantitative estimate of drug-likeness (QED) is 0.451. The third-order valence-electron chi connectivity index (χ3n) is 5.98. The third-order valence-corrected chi connectivity index (χ3v) is 5.98. The number of carboxylic acid groups (broad SMARTS) is 1. The minimum atomic E-state index is -1.16. The summed E-state index contributed by atoms with van der Waals surface area (Å²) in [6, 6.07) is 7.26. The molecule has 1 aromatic carbocycles. The number of nitrogens with one attached hydrogen (secondary N) is 1. The minimum Gasteiger partial charge on any atom is -0.476 e. The number of rotatable bonds is 4. The van der Waals surface area contributed by atoms with E-state index in [-0.39, 0.29) is 35.7 Å². The van der Waals surface area contributed by atoms with Gasteiger partial charge in [0.25, 0.3) is 0 Å². The van der Waals surface area contributed by atoms with Gasteiger partial charge in [0, 0.05) is 23.3 Å². The molecule has 1 saturated heterocycles. The number of aromatic nitrogens is 3. The summed E-state index contributed by atoms with van der Waals surface area (Å²) in [7, 11) is 2.09. The third kappa shape index (κ3) is 3.99. The molecule has 0 spiro atoms. The summed E-state index contributed by atoms with van der Waals surface area (Å²) in [4.78, 5) is 24.8. The molecule has 166 valence electrons. The summed E-state index contributed by atoms with van der Waals surface area (Å²) in [5.74, 6) is -0.920. The first kappa shape index (κ1) is 22.0. The topological polar surface area (TPSA) is 95.2 Å². The van der Waals surface area contributed by atoms with Gasteiger partial charge in [-0.25, -0.2) is 19.2 Å². The van der Waals surface area contributed by atoms with Crippen LogP contribution in [-0.2, 0) is 0 Å². The Hall–Kier alpha value is -3.23. The van der Waals surface area contributed by atoms with Crippen molar-refractivity contribution < 1.29 is 18.7 Å². The molecular weight excluding hydrogens is 435 g/mol. The lowest BCUT2D eigenvalue weighted by molar-refractivity contribution is 0.0690. The lowest BCUT2D eigenvalue weighted by atomic mass is 9.88. The number of aromatic carboxylic acids is 1. The second-order valence-corrected chi connectivity index (χ2v) is 7.98. The predicted octanol–water partition coefficient (Wildman–Crippen LogP) is 4.95. The number of carbonyl (C=O) groups is 1. The molecule has 1 aliphatic heterocycles. The van der Waals surface area contributed by atoms with Crippen LogP contribution in [0.1, 0.15) is 34.8 Å². The lowest BCUT2D eigenvalue weighted by Crippen LogP contribution is -2.29. The van der Waals surface area contributed by atoms with Crippen LogP contribution in [0.5, 0.6) is 0 Å². The first-order valence-corrected chi connectivity index (χ1v) is 10.1. The van der Waals surface area contributed by atoms with Crippen LogP contribution in [0.15, 0.2) is 47.3 Å². The van der Waals surface area contributed by atoms with Crippen LogP contribution in [0.3, 0.4) is 0 Å². The highest BCUT2D eigenvalue weighted by atomic mass is 35.5. The van der Waals surface area contributed by atoms with Crippen molar-refractivity contribution in [3.05, 3.63) is 60.0 Å². The Kier molecular flexibility index (Phi) is 5.99. The number of likely N-dealkylation sites (tertiary alicyclic amines) is 1. The number of halogens is 2. The molecule has 0 saturated carbocycles. The molecule has 0 unspecified atom stereocenters. The smallest absolute Gasteiger partial charge is 0.357 e. The normalized spacial score (nSPS) is 15.1. The van der Waals surface area contributed by atoms with Crippen LogP contribution in [0.2, 0.25) is 0 Å². The van der Waals surface area contributed by atoms with E-state index < -0.39 is 5.97 Å². The van der Waals surface area contributed by atoms with Gasteiger partial charge in [0.15, 0.2) is 5.69 Å². The zero-order valence-corrected chi connectivity index (χ0v) is 18.2. The van der Waals surface area contributed by atoms with E-state index in [4.69, 9.17) is 9.52 Å². The van der Waals surface area contributed by atoms with Gasteiger partial charge in [0.2, 0.25) is 5.89 Å². The Bertz CT molecular complexity index is 1280. The number of pyridine rings is 1. The SMILES string of the molecule is CN1CCC(c2ccc(-c3cnc4[nH]cc(-c5nc(C(=O)O)co5)c4c3)cc2F)CC1.Cl. The minimum absolute atomic E-state index is 0. The first-order valence-electron chi connectivity index (χ1n) is 10.1. The average Bonchev–Trinajstić information content (AvgIpc) is 3.41. The number of carboxylic acids is 1. The Balaban J connectivity index is 0.00000245.